The lowest BCUT2D eigenvalue weighted by atomic mass is 10.1. The molecule has 0 aromatic heterocycles. The molecule has 0 bridgehead atoms. The second-order valence-corrected chi connectivity index (χ2v) is 4.31. The van der Waals surface area contributed by atoms with Crippen LogP contribution in [0.4, 0.5) is 0 Å². The molecule has 2 atom stereocenters. The largest absolute Gasteiger partial charge is 0.481 e. The molecule has 0 unspecified atom stereocenters. The molecule has 0 aromatic rings. The van der Waals surface area contributed by atoms with Crippen LogP contribution in [0, 0.1) is 0 Å². The Bertz CT molecular complexity index is 464. The van der Waals surface area contributed by atoms with E-state index >= 15 is 0 Å². The van der Waals surface area contributed by atoms with E-state index in [9.17, 15) is 24.0 Å². The van der Waals surface area contributed by atoms with Crippen LogP contribution in [0.1, 0.15) is 19.3 Å². The van der Waals surface area contributed by atoms with Crippen molar-refractivity contribution in [3.63, 3.8) is 0 Å². The summed E-state index contributed by atoms with van der Waals surface area (Å²) < 4.78 is 0. The monoisotopic (exact) mass is 319 g/mol. The molecule has 0 radical (unpaired) electrons. The molecule has 2 amide bonds. The molecule has 0 saturated carbocycles. The van der Waals surface area contributed by atoms with Crippen molar-refractivity contribution in [1.82, 2.24) is 10.6 Å². The fraction of sp³-hybridized carbons (Fsp3) is 0.545. The normalized spacial score (nSPS) is 12.8. The van der Waals surface area contributed by atoms with E-state index in [2.05, 4.69) is 5.32 Å². The maximum absolute atomic E-state index is 11.7. The summed E-state index contributed by atoms with van der Waals surface area (Å²) in [4.78, 5) is 54.7. The van der Waals surface area contributed by atoms with Gasteiger partial charge >= 0.3 is 17.9 Å². The van der Waals surface area contributed by atoms with Crippen molar-refractivity contribution in [1.29, 1.82) is 0 Å². The summed E-state index contributed by atoms with van der Waals surface area (Å²) in [5.74, 6) is -5.72. The van der Waals surface area contributed by atoms with Crippen LogP contribution in [0.15, 0.2) is 0 Å². The Morgan fingerprint density at radius 1 is 0.909 bits per heavy atom. The van der Waals surface area contributed by atoms with Crippen molar-refractivity contribution in [2.45, 2.75) is 31.3 Å². The predicted molar refractivity (Wildman–Crippen MR) is 69.7 cm³/mol. The lowest BCUT2D eigenvalue weighted by Crippen LogP contribution is -2.52. The van der Waals surface area contributed by atoms with Crippen molar-refractivity contribution >= 4 is 29.7 Å². The van der Waals surface area contributed by atoms with Crippen molar-refractivity contribution in [2.24, 2.45) is 5.73 Å². The Morgan fingerprint density at radius 2 is 1.50 bits per heavy atom. The SMILES string of the molecule is N[C@@H](CC(=O)O)C(=O)N[C@@H](CCC(=O)O)C(=O)NCC(=O)O. The number of aliphatic carboxylic acids is 3. The van der Waals surface area contributed by atoms with E-state index in [-0.39, 0.29) is 6.42 Å². The average molecular weight is 319 g/mol. The van der Waals surface area contributed by atoms with E-state index in [1.54, 1.807) is 0 Å². The highest BCUT2D eigenvalue weighted by molar-refractivity contribution is 5.92. The third kappa shape index (κ3) is 8.47. The summed E-state index contributed by atoms with van der Waals surface area (Å²) in [7, 11) is 0. The molecule has 22 heavy (non-hydrogen) atoms. The maximum Gasteiger partial charge on any atom is 0.322 e. The molecule has 0 aromatic carbocycles. The molecule has 0 saturated heterocycles. The van der Waals surface area contributed by atoms with Gasteiger partial charge in [-0.25, -0.2) is 0 Å². The molecule has 0 aliphatic carbocycles. The van der Waals surface area contributed by atoms with E-state index in [4.69, 9.17) is 21.1 Å². The first kappa shape index (κ1) is 19.3. The third-order valence-corrected chi connectivity index (χ3v) is 2.43. The van der Waals surface area contributed by atoms with Gasteiger partial charge in [0.25, 0.3) is 0 Å². The maximum atomic E-state index is 11.7. The van der Waals surface area contributed by atoms with Gasteiger partial charge in [-0.05, 0) is 6.42 Å². The summed E-state index contributed by atoms with van der Waals surface area (Å²) in [5.41, 5.74) is 5.31. The van der Waals surface area contributed by atoms with Crippen LogP contribution >= 0.6 is 0 Å². The Labute approximate surface area is 124 Å². The molecule has 0 fully saturated rings. The second kappa shape index (κ2) is 9.28. The molecule has 7 N–H and O–H groups in total. The lowest BCUT2D eigenvalue weighted by molar-refractivity contribution is -0.141. The first-order chi connectivity index (χ1) is 10.1. The number of nitrogens with one attached hydrogen (secondary N) is 2. The molecule has 11 heteroatoms. The van der Waals surface area contributed by atoms with Gasteiger partial charge in [0.15, 0.2) is 0 Å². The fourth-order valence-electron chi connectivity index (χ4n) is 1.38. The molecule has 11 nitrogen and oxygen atoms in total. The van der Waals surface area contributed by atoms with Crippen molar-refractivity contribution in [3.8, 4) is 0 Å². The third-order valence-electron chi connectivity index (χ3n) is 2.43. The van der Waals surface area contributed by atoms with Gasteiger partial charge in [0.2, 0.25) is 11.8 Å². The van der Waals surface area contributed by atoms with Gasteiger partial charge in [0.1, 0.15) is 12.6 Å². The summed E-state index contributed by atoms with van der Waals surface area (Å²) in [5, 5.41) is 29.6. The molecule has 0 spiro atoms. The molecule has 124 valence electrons. The number of hydrogen-bond acceptors (Lipinski definition) is 6. The first-order valence-electron chi connectivity index (χ1n) is 6.12. The number of carbonyl (C=O) groups excluding carboxylic acids is 2. The van der Waals surface area contributed by atoms with Crippen molar-refractivity contribution in [2.75, 3.05) is 6.54 Å². The molecule has 0 rings (SSSR count). The number of hydrogen-bond donors (Lipinski definition) is 6. The number of carboxylic acid groups (broad SMARTS) is 3. The van der Waals surface area contributed by atoms with Crippen LogP contribution in [0.3, 0.4) is 0 Å². The minimum absolute atomic E-state index is 0.299. The fourth-order valence-corrected chi connectivity index (χ4v) is 1.38. The van der Waals surface area contributed by atoms with Crippen LogP contribution in [0.2, 0.25) is 0 Å². The zero-order valence-corrected chi connectivity index (χ0v) is 11.4. The minimum Gasteiger partial charge on any atom is -0.481 e. The summed E-state index contributed by atoms with van der Waals surface area (Å²) >= 11 is 0. The topological polar surface area (TPSA) is 196 Å². The molecule has 0 aliphatic rings. The Hall–Kier alpha value is -2.69. The summed E-state index contributed by atoms with van der Waals surface area (Å²) in [6, 6.07) is -2.75. The summed E-state index contributed by atoms with van der Waals surface area (Å²) in [6.07, 6.45) is -1.43. The van der Waals surface area contributed by atoms with Gasteiger partial charge in [-0.15, -0.1) is 0 Å². The van der Waals surface area contributed by atoms with E-state index in [0.29, 0.717) is 0 Å². The predicted octanol–water partition coefficient (Wildman–Crippen LogP) is -2.66. The number of amides is 2. The van der Waals surface area contributed by atoms with Gasteiger partial charge in [-0.2, -0.15) is 0 Å². The van der Waals surface area contributed by atoms with Gasteiger partial charge in [-0.3, -0.25) is 24.0 Å². The molecular weight excluding hydrogens is 302 g/mol. The molecule has 0 aliphatic heterocycles. The van der Waals surface area contributed by atoms with Crippen LogP contribution < -0.4 is 16.4 Å². The quantitative estimate of drug-likeness (QED) is 0.249. The van der Waals surface area contributed by atoms with E-state index in [1.807, 2.05) is 5.32 Å². The number of rotatable bonds is 10. The number of carbonyl (C=O) groups is 5. The van der Waals surface area contributed by atoms with Crippen LogP contribution in [-0.4, -0.2) is 63.7 Å². The van der Waals surface area contributed by atoms with Crippen LogP contribution in [-0.2, 0) is 24.0 Å². The Morgan fingerprint density at radius 3 is 1.95 bits per heavy atom. The number of nitrogens with two attached hydrogens (primary N) is 1. The lowest BCUT2D eigenvalue weighted by Gasteiger charge is -2.19. The van der Waals surface area contributed by atoms with Gasteiger partial charge in [0, 0.05) is 6.42 Å². The van der Waals surface area contributed by atoms with Gasteiger partial charge in [-0.1, -0.05) is 0 Å². The Kier molecular flexibility index (Phi) is 8.15. The standard InChI is InChI=1S/C11H17N3O8/c12-5(3-8(17)18)10(21)14-6(1-2-7(15)16)11(22)13-4-9(19)20/h5-6H,1-4,12H2,(H,13,22)(H,14,21)(H,15,16)(H,17,18)(H,19,20)/t5-,6-/m0/s1. The molecule has 0 heterocycles. The van der Waals surface area contributed by atoms with Crippen molar-refractivity contribution in [3.05, 3.63) is 0 Å². The van der Waals surface area contributed by atoms with Crippen LogP contribution in [0.25, 0.3) is 0 Å². The van der Waals surface area contributed by atoms with Crippen LogP contribution in [0.5, 0.6) is 0 Å². The summed E-state index contributed by atoms with van der Waals surface area (Å²) in [6.45, 7) is -0.709. The van der Waals surface area contributed by atoms with E-state index in [0.717, 1.165) is 0 Å². The average Bonchev–Trinajstić information content (AvgIpc) is 2.39. The Balaban J connectivity index is 4.73. The highest BCUT2D eigenvalue weighted by Crippen LogP contribution is 2.00. The van der Waals surface area contributed by atoms with Gasteiger partial charge < -0.3 is 31.7 Å². The smallest absolute Gasteiger partial charge is 0.322 e. The van der Waals surface area contributed by atoms with E-state index in [1.165, 1.54) is 0 Å². The van der Waals surface area contributed by atoms with Gasteiger partial charge in [0.05, 0.1) is 12.5 Å². The first-order valence-corrected chi connectivity index (χ1v) is 6.12. The zero-order valence-electron chi connectivity index (χ0n) is 11.4. The minimum atomic E-state index is -1.42. The zero-order chi connectivity index (χ0) is 17.3. The second-order valence-electron chi connectivity index (χ2n) is 4.31. The highest BCUT2D eigenvalue weighted by atomic mass is 16.4. The number of carboxylic acids is 3. The van der Waals surface area contributed by atoms with Crippen molar-refractivity contribution < 1.29 is 39.3 Å². The highest BCUT2D eigenvalue weighted by Gasteiger charge is 2.25. The molecular formula is C11H17N3O8. The van der Waals surface area contributed by atoms with E-state index < -0.39 is 61.2 Å².